The largest absolute Gasteiger partial charge is 0.465 e. The van der Waals surface area contributed by atoms with Crippen LogP contribution in [0.5, 0.6) is 5.75 Å². The first-order chi connectivity index (χ1) is 14.6. The SMILES string of the molecule is O=[N+]([O-])c1ccc2c(c1)C(c1cn(Cc3ccccc3)c3ccccc13)CC(O)O2. The first kappa shape index (κ1) is 18.4. The average molecular weight is 400 g/mol. The number of nitrogens with zero attached hydrogens (tertiary/aromatic N) is 2. The summed E-state index contributed by atoms with van der Waals surface area (Å²) in [6.45, 7) is 0.717. The van der Waals surface area contributed by atoms with E-state index in [0.29, 0.717) is 12.2 Å². The molecule has 150 valence electrons. The van der Waals surface area contributed by atoms with Crippen molar-refractivity contribution in [2.24, 2.45) is 0 Å². The Morgan fingerprint density at radius 3 is 2.60 bits per heavy atom. The molecule has 0 spiro atoms. The van der Waals surface area contributed by atoms with Gasteiger partial charge in [0.25, 0.3) is 5.69 Å². The molecule has 2 unspecified atom stereocenters. The Morgan fingerprint density at radius 1 is 1.03 bits per heavy atom. The highest BCUT2D eigenvalue weighted by atomic mass is 16.6. The number of hydrogen-bond donors (Lipinski definition) is 1. The van der Waals surface area contributed by atoms with Crippen LogP contribution in [0.15, 0.2) is 79.0 Å². The lowest BCUT2D eigenvalue weighted by Gasteiger charge is -2.29. The molecular weight excluding hydrogens is 380 g/mol. The minimum atomic E-state index is -0.958. The van der Waals surface area contributed by atoms with Crippen LogP contribution in [0.25, 0.3) is 10.9 Å². The van der Waals surface area contributed by atoms with Crippen molar-refractivity contribution in [1.29, 1.82) is 0 Å². The van der Waals surface area contributed by atoms with Gasteiger partial charge in [0.15, 0.2) is 6.29 Å². The molecule has 2 atom stereocenters. The van der Waals surface area contributed by atoms with Crippen molar-refractivity contribution < 1.29 is 14.8 Å². The van der Waals surface area contributed by atoms with Gasteiger partial charge >= 0.3 is 0 Å². The lowest BCUT2D eigenvalue weighted by atomic mass is 9.85. The van der Waals surface area contributed by atoms with Crippen LogP contribution < -0.4 is 4.74 Å². The van der Waals surface area contributed by atoms with E-state index in [1.54, 1.807) is 12.1 Å². The lowest BCUT2D eigenvalue weighted by Crippen LogP contribution is -2.25. The van der Waals surface area contributed by atoms with Crippen molar-refractivity contribution in [3.63, 3.8) is 0 Å². The first-order valence-corrected chi connectivity index (χ1v) is 9.85. The summed E-state index contributed by atoms with van der Waals surface area (Å²) in [7, 11) is 0. The summed E-state index contributed by atoms with van der Waals surface area (Å²) < 4.78 is 7.75. The summed E-state index contributed by atoms with van der Waals surface area (Å²) in [4.78, 5) is 10.9. The van der Waals surface area contributed by atoms with Gasteiger partial charge in [0.05, 0.1) is 4.92 Å². The second kappa shape index (κ2) is 7.31. The Bertz CT molecular complexity index is 1230. The third kappa shape index (κ3) is 3.21. The number of para-hydroxylation sites is 1. The molecule has 3 aromatic carbocycles. The molecule has 1 N–H and O–H groups in total. The zero-order chi connectivity index (χ0) is 20.7. The highest BCUT2D eigenvalue weighted by molar-refractivity contribution is 5.85. The molecule has 6 heteroatoms. The molecule has 0 saturated heterocycles. The maximum atomic E-state index is 11.3. The number of rotatable bonds is 4. The summed E-state index contributed by atoms with van der Waals surface area (Å²) in [5.41, 5.74) is 4.06. The van der Waals surface area contributed by atoms with Crippen LogP contribution in [0, 0.1) is 10.1 Å². The molecular formula is C24H20N2O4. The highest BCUT2D eigenvalue weighted by Crippen LogP contribution is 2.44. The Hall–Kier alpha value is -3.64. The quantitative estimate of drug-likeness (QED) is 0.393. The molecule has 4 aromatic rings. The van der Waals surface area contributed by atoms with Crippen molar-refractivity contribution in [2.45, 2.75) is 25.2 Å². The molecule has 0 bridgehead atoms. The molecule has 1 aliphatic heterocycles. The van der Waals surface area contributed by atoms with Crippen LogP contribution in [-0.2, 0) is 6.54 Å². The van der Waals surface area contributed by atoms with Crippen molar-refractivity contribution >= 4 is 16.6 Å². The van der Waals surface area contributed by atoms with Crippen LogP contribution in [0.1, 0.15) is 29.0 Å². The van der Waals surface area contributed by atoms with Gasteiger partial charge in [-0.2, -0.15) is 0 Å². The van der Waals surface area contributed by atoms with Gasteiger partial charge in [-0.3, -0.25) is 10.1 Å². The Labute approximate surface area is 173 Å². The first-order valence-electron chi connectivity index (χ1n) is 9.85. The van der Waals surface area contributed by atoms with E-state index in [0.717, 1.165) is 28.6 Å². The fraction of sp³-hybridized carbons (Fsp3) is 0.167. The van der Waals surface area contributed by atoms with E-state index in [2.05, 4.69) is 35.0 Å². The van der Waals surface area contributed by atoms with Crippen LogP contribution >= 0.6 is 0 Å². The average Bonchev–Trinajstić information content (AvgIpc) is 3.12. The minimum absolute atomic E-state index is 0.0202. The number of ether oxygens (including phenoxy) is 1. The highest BCUT2D eigenvalue weighted by Gasteiger charge is 2.32. The maximum Gasteiger partial charge on any atom is 0.269 e. The third-order valence-corrected chi connectivity index (χ3v) is 5.67. The Balaban J connectivity index is 1.65. The van der Waals surface area contributed by atoms with Crippen LogP contribution in [-0.4, -0.2) is 20.9 Å². The zero-order valence-corrected chi connectivity index (χ0v) is 16.1. The maximum absolute atomic E-state index is 11.3. The fourth-order valence-corrected chi connectivity index (χ4v) is 4.31. The molecule has 0 saturated carbocycles. The topological polar surface area (TPSA) is 77.5 Å². The van der Waals surface area contributed by atoms with E-state index in [-0.39, 0.29) is 11.6 Å². The summed E-state index contributed by atoms with van der Waals surface area (Å²) in [6, 6.07) is 22.9. The number of aliphatic hydroxyl groups excluding tert-OH is 1. The summed E-state index contributed by atoms with van der Waals surface area (Å²) in [5, 5.41) is 22.7. The molecule has 5 rings (SSSR count). The number of nitro groups is 1. The molecule has 6 nitrogen and oxygen atoms in total. The summed E-state index contributed by atoms with van der Waals surface area (Å²) >= 11 is 0. The van der Waals surface area contributed by atoms with Gasteiger partial charge in [0, 0.05) is 53.7 Å². The van der Waals surface area contributed by atoms with E-state index in [4.69, 9.17) is 4.74 Å². The van der Waals surface area contributed by atoms with Gasteiger partial charge in [-0.15, -0.1) is 0 Å². The second-order valence-corrected chi connectivity index (χ2v) is 7.56. The van der Waals surface area contributed by atoms with E-state index in [9.17, 15) is 15.2 Å². The van der Waals surface area contributed by atoms with Gasteiger partial charge < -0.3 is 14.4 Å². The summed E-state index contributed by atoms with van der Waals surface area (Å²) in [5.74, 6) is 0.287. The fourth-order valence-electron chi connectivity index (χ4n) is 4.31. The third-order valence-electron chi connectivity index (χ3n) is 5.67. The standard InChI is InChI=1S/C24H20N2O4/c27-24-13-19(20-12-17(26(28)29)10-11-23(20)30-24)21-15-25(14-16-6-2-1-3-7-16)22-9-5-4-8-18(21)22/h1-12,15,19,24,27H,13-14H2. The van der Waals surface area contributed by atoms with E-state index in [1.807, 2.05) is 30.3 Å². The zero-order valence-electron chi connectivity index (χ0n) is 16.1. The van der Waals surface area contributed by atoms with Gasteiger partial charge in [0.2, 0.25) is 0 Å². The number of aliphatic hydroxyl groups is 1. The predicted octanol–water partition coefficient (Wildman–Crippen LogP) is 4.83. The van der Waals surface area contributed by atoms with Gasteiger partial charge in [-0.1, -0.05) is 48.5 Å². The van der Waals surface area contributed by atoms with Gasteiger partial charge in [0.1, 0.15) is 5.75 Å². The number of fused-ring (bicyclic) bond motifs is 2. The van der Waals surface area contributed by atoms with Crippen molar-refractivity contribution in [1.82, 2.24) is 4.57 Å². The van der Waals surface area contributed by atoms with Crippen molar-refractivity contribution in [3.8, 4) is 5.75 Å². The van der Waals surface area contributed by atoms with E-state index in [1.165, 1.54) is 11.6 Å². The smallest absolute Gasteiger partial charge is 0.269 e. The Kier molecular flexibility index (Phi) is 4.48. The van der Waals surface area contributed by atoms with Crippen molar-refractivity contribution in [2.75, 3.05) is 0 Å². The molecule has 1 aliphatic rings. The summed E-state index contributed by atoms with van der Waals surface area (Å²) in [6.07, 6.45) is 1.48. The van der Waals surface area contributed by atoms with Crippen LogP contribution in [0.3, 0.4) is 0 Å². The molecule has 0 aliphatic carbocycles. The second-order valence-electron chi connectivity index (χ2n) is 7.56. The number of hydrogen-bond acceptors (Lipinski definition) is 4. The van der Waals surface area contributed by atoms with E-state index >= 15 is 0 Å². The van der Waals surface area contributed by atoms with E-state index < -0.39 is 11.2 Å². The van der Waals surface area contributed by atoms with Crippen LogP contribution in [0.4, 0.5) is 5.69 Å². The molecule has 0 radical (unpaired) electrons. The van der Waals surface area contributed by atoms with Crippen molar-refractivity contribution in [3.05, 3.63) is 106 Å². The lowest BCUT2D eigenvalue weighted by molar-refractivity contribution is -0.385. The van der Waals surface area contributed by atoms with Gasteiger partial charge in [-0.05, 0) is 23.3 Å². The number of benzene rings is 3. The number of non-ortho nitro benzene ring substituents is 1. The molecule has 2 heterocycles. The monoisotopic (exact) mass is 400 g/mol. The van der Waals surface area contributed by atoms with Gasteiger partial charge in [-0.25, -0.2) is 0 Å². The molecule has 1 aromatic heterocycles. The molecule has 0 fully saturated rings. The molecule has 30 heavy (non-hydrogen) atoms. The number of aromatic nitrogens is 1. The minimum Gasteiger partial charge on any atom is -0.465 e. The molecule has 0 amide bonds. The number of nitro benzene ring substituents is 1. The normalized spacial score (nSPS) is 18.0. The Morgan fingerprint density at radius 2 is 1.80 bits per heavy atom. The predicted molar refractivity (Wildman–Crippen MR) is 114 cm³/mol. The van der Waals surface area contributed by atoms with Crippen LogP contribution in [0.2, 0.25) is 0 Å².